The molecule has 0 aliphatic carbocycles. The molecule has 2 N–H and O–H groups in total. The first-order valence-electron chi connectivity index (χ1n) is 6.36. The van der Waals surface area contributed by atoms with Crippen LogP contribution in [0.3, 0.4) is 0 Å². The Morgan fingerprint density at radius 3 is 2.55 bits per heavy atom. The van der Waals surface area contributed by atoms with E-state index in [1.165, 1.54) is 11.8 Å². The summed E-state index contributed by atoms with van der Waals surface area (Å²) in [4.78, 5) is 25.5. The maximum Gasteiger partial charge on any atom is 0.232 e. The Morgan fingerprint density at radius 2 is 1.95 bits per heavy atom. The van der Waals surface area contributed by atoms with Crippen molar-refractivity contribution in [2.75, 3.05) is 24.6 Å². The molecule has 20 heavy (non-hydrogen) atoms. The van der Waals surface area contributed by atoms with Gasteiger partial charge in [-0.25, -0.2) is 0 Å². The van der Waals surface area contributed by atoms with Gasteiger partial charge in [-0.3, -0.25) is 9.59 Å². The van der Waals surface area contributed by atoms with Crippen molar-refractivity contribution in [2.45, 2.75) is 12.5 Å². The summed E-state index contributed by atoms with van der Waals surface area (Å²) in [5.41, 5.74) is 6.46. The van der Waals surface area contributed by atoms with E-state index in [-0.39, 0.29) is 30.1 Å². The van der Waals surface area contributed by atoms with Crippen LogP contribution in [0, 0.1) is 0 Å². The van der Waals surface area contributed by atoms with Gasteiger partial charge >= 0.3 is 0 Å². The van der Waals surface area contributed by atoms with Crippen molar-refractivity contribution in [1.29, 1.82) is 0 Å². The highest BCUT2D eigenvalue weighted by Crippen LogP contribution is 2.12. The maximum absolute atomic E-state index is 11.8. The topological polar surface area (TPSA) is 63.4 Å². The predicted molar refractivity (Wildman–Crippen MR) is 84.5 cm³/mol. The number of nitrogens with zero attached hydrogens (tertiary/aromatic N) is 1. The van der Waals surface area contributed by atoms with Crippen molar-refractivity contribution in [3.05, 3.63) is 35.9 Å². The molecule has 1 atom stereocenters. The standard InChI is InChI=1S/C14H18N2O2S.ClH/c15-12-6-7-16(8-12)14(18)10-19-9-13(17)11-4-2-1-3-5-11;/h1-5,12H,6-10,15H2;1H/t12-;/m1./s1. The zero-order chi connectivity index (χ0) is 13.7. The number of rotatable bonds is 5. The summed E-state index contributed by atoms with van der Waals surface area (Å²) in [6.07, 6.45) is 0.874. The van der Waals surface area contributed by atoms with Gasteiger partial charge in [-0.05, 0) is 6.42 Å². The van der Waals surface area contributed by atoms with Crippen LogP contribution in [0.5, 0.6) is 0 Å². The maximum atomic E-state index is 11.8. The van der Waals surface area contributed by atoms with E-state index in [2.05, 4.69) is 0 Å². The van der Waals surface area contributed by atoms with E-state index in [9.17, 15) is 9.59 Å². The molecule has 1 saturated heterocycles. The second-order valence-electron chi connectivity index (χ2n) is 4.67. The van der Waals surface area contributed by atoms with Gasteiger partial charge in [-0.2, -0.15) is 0 Å². The second kappa shape index (κ2) is 8.29. The third-order valence-electron chi connectivity index (χ3n) is 3.13. The number of likely N-dealkylation sites (tertiary alicyclic amines) is 1. The van der Waals surface area contributed by atoms with Crippen LogP contribution < -0.4 is 5.73 Å². The molecule has 6 heteroatoms. The molecule has 0 radical (unpaired) electrons. The van der Waals surface area contributed by atoms with Crippen LogP contribution in [0.2, 0.25) is 0 Å². The number of thioether (sulfide) groups is 1. The van der Waals surface area contributed by atoms with Crippen LogP contribution >= 0.6 is 24.2 Å². The van der Waals surface area contributed by atoms with E-state index in [0.29, 0.717) is 23.6 Å². The van der Waals surface area contributed by atoms with Gasteiger partial charge in [0.1, 0.15) is 0 Å². The summed E-state index contributed by atoms with van der Waals surface area (Å²) < 4.78 is 0. The van der Waals surface area contributed by atoms with Crippen molar-refractivity contribution in [3.8, 4) is 0 Å². The quantitative estimate of drug-likeness (QED) is 0.838. The van der Waals surface area contributed by atoms with E-state index in [0.717, 1.165) is 13.0 Å². The summed E-state index contributed by atoms with van der Waals surface area (Å²) in [6, 6.07) is 9.27. The van der Waals surface area contributed by atoms with E-state index in [1.54, 1.807) is 17.0 Å². The van der Waals surface area contributed by atoms with E-state index >= 15 is 0 Å². The number of ketones is 1. The molecule has 4 nitrogen and oxygen atoms in total. The molecule has 0 bridgehead atoms. The van der Waals surface area contributed by atoms with Crippen LogP contribution in [0.4, 0.5) is 0 Å². The largest absolute Gasteiger partial charge is 0.340 e. The number of hydrogen-bond acceptors (Lipinski definition) is 4. The normalized spacial score (nSPS) is 17.6. The molecule has 1 aromatic carbocycles. The van der Waals surface area contributed by atoms with Gasteiger partial charge in [0.25, 0.3) is 0 Å². The van der Waals surface area contributed by atoms with Crippen molar-refractivity contribution in [2.24, 2.45) is 5.73 Å². The van der Waals surface area contributed by atoms with Gasteiger partial charge < -0.3 is 10.6 Å². The Hall–Kier alpha value is -1.04. The molecule has 0 saturated carbocycles. The van der Waals surface area contributed by atoms with Crippen LogP contribution in [-0.2, 0) is 4.79 Å². The molecule has 1 aliphatic heterocycles. The Morgan fingerprint density at radius 1 is 1.25 bits per heavy atom. The third kappa shape index (κ3) is 4.81. The van der Waals surface area contributed by atoms with Gasteiger partial charge in [-0.1, -0.05) is 30.3 Å². The molecular formula is C14H19ClN2O2S. The molecule has 110 valence electrons. The van der Waals surface area contributed by atoms with Crippen LogP contribution in [0.15, 0.2) is 30.3 Å². The fourth-order valence-electron chi connectivity index (χ4n) is 2.04. The van der Waals surface area contributed by atoms with E-state index in [4.69, 9.17) is 5.73 Å². The smallest absolute Gasteiger partial charge is 0.232 e. The number of halogens is 1. The zero-order valence-corrected chi connectivity index (χ0v) is 12.8. The van der Waals surface area contributed by atoms with Gasteiger partial charge in [0.2, 0.25) is 5.91 Å². The molecule has 0 unspecified atom stereocenters. The van der Waals surface area contributed by atoms with Crippen LogP contribution in [0.1, 0.15) is 16.8 Å². The van der Waals surface area contributed by atoms with Crippen LogP contribution in [-0.4, -0.2) is 47.2 Å². The summed E-state index contributed by atoms with van der Waals surface area (Å²) >= 11 is 1.37. The fraction of sp³-hybridized carbons (Fsp3) is 0.429. The first-order chi connectivity index (χ1) is 9.16. The van der Waals surface area contributed by atoms with E-state index < -0.39 is 0 Å². The number of benzene rings is 1. The van der Waals surface area contributed by atoms with Gasteiger partial charge in [0, 0.05) is 24.7 Å². The molecule has 0 spiro atoms. The van der Waals surface area contributed by atoms with Crippen molar-refractivity contribution in [1.82, 2.24) is 4.90 Å². The Bertz CT molecular complexity index is 456. The van der Waals surface area contributed by atoms with Gasteiger partial charge in [-0.15, -0.1) is 24.2 Å². The Balaban J connectivity index is 0.00000200. The molecule has 2 rings (SSSR count). The highest BCUT2D eigenvalue weighted by molar-refractivity contribution is 8.00. The average Bonchev–Trinajstić information content (AvgIpc) is 2.86. The fourth-order valence-corrected chi connectivity index (χ4v) is 2.85. The number of Topliss-reactive ketones (excluding diaryl/α,β-unsaturated/α-hetero) is 1. The minimum absolute atomic E-state index is 0. The monoisotopic (exact) mass is 314 g/mol. The molecule has 1 amide bonds. The van der Waals surface area contributed by atoms with Crippen LogP contribution in [0.25, 0.3) is 0 Å². The number of nitrogens with two attached hydrogens (primary N) is 1. The summed E-state index contributed by atoms with van der Waals surface area (Å²) in [7, 11) is 0. The van der Waals surface area contributed by atoms with E-state index in [1.807, 2.05) is 18.2 Å². The van der Waals surface area contributed by atoms with Gasteiger partial charge in [0.05, 0.1) is 11.5 Å². The molecular weight excluding hydrogens is 296 g/mol. The SMILES string of the molecule is Cl.N[C@@H]1CCN(C(=O)CSCC(=O)c2ccccc2)C1. The minimum atomic E-state index is 0. The lowest BCUT2D eigenvalue weighted by atomic mass is 10.2. The number of carbonyl (C=O) groups is 2. The predicted octanol–water partition coefficient (Wildman–Crippen LogP) is 1.58. The highest BCUT2D eigenvalue weighted by atomic mass is 35.5. The molecule has 1 aliphatic rings. The summed E-state index contributed by atoms with van der Waals surface area (Å²) in [5, 5.41) is 0. The van der Waals surface area contributed by atoms with Crippen molar-refractivity contribution in [3.63, 3.8) is 0 Å². The zero-order valence-electron chi connectivity index (χ0n) is 11.2. The lowest BCUT2D eigenvalue weighted by molar-refractivity contribution is -0.127. The first kappa shape index (κ1) is 17.0. The van der Waals surface area contributed by atoms with Crippen molar-refractivity contribution < 1.29 is 9.59 Å². The lowest BCUT2D eigenvalue weighted by Gasteiger charge is -2.15. The molecule has 1 heterocycles. The minimum Gasteiger partial charge on any atom is -0.340 e. The van der Waals surface area contributed by atoms with Gasteiger partial charge in [0.15, 0.2) is 5.78 Å². The third-order valence-corrected chi connectivity index (χ3v) is 4.05. The first-order valence-corrected chi connectivity index (χ1v) is 7.51. The molecule has 1 fully saturated rings. The Labute approximate surface area is 129 Å². The second-order valence-corrected chi connectivity index (χ2v) is 5.66. The Kier molecular flexibility index (Phi) is 7.05. The highest BCUT2D eigenvalue weighted by Gasteiger charge is 2.23. The van der Waals surface area contributed by atoms with Crippen molar-refractivity contribution >= 4 is 35.9 Å². The number of amides is 1. The number of hydrogen-bond donors (Lipinski definition) is 1. The summed E-state index contributed by atoms with van der Waals surface area (Å²) in [6.45, 7) is 1.39. The average molecular weight is 315 g/mol. The molecule has 1 aromatic rings. The summed E-state index contributed by atoms with van der Waals surface area (Å²) in [5.74, 6) is 0.844. The lowest BCUT2D eigenvalue weighted by Crippen LogP contribution is -2.33. The number of carbonyl (C=O) groups excluding carboxylic acids is 2. The molecule has 0 aromatic heterocycles.